The molecule has 1 aromatic heterocycles. The zero-order valence-electron chi connectivity index (χ0n) is 12.0. The van der Waals surface area contributed by atoms with E-state index in [0.717, 1.165) is 12.8 Å². The second kappa shape index (κ2) is 6.99. The molecule has 8 heteroatoms. The molecule has 1 heterocycles. The predicted octanol–water partition coefficient (Wildman–Crippen LogP) is 1.64. The van der Waals surface area contributed by atoms with Gasteiger partial charge in [0.1, 0.15) is 6.33 Å². The summed E-state index contributed by atoms with van der Waals surface area (Å²) >= 11 is 0. The summed E-state index contributed by atoms with van der Waals surface area (Å²) in [6.07, 6.45) is 2.80. The van der Waals surface area contributed by atoms with Gasteiger partial charge in [-0.2, -0.15) is 0 Å². The minimum absolute atomic E-state index is 0.0186. The highest BCUT2D eigenvalue weighted by atomic mass is 16.6. The minimum atomic E-state index is -0.521. The molecule has 1 rings (SSSR count). The van der Waals surface area contributed by atoms with Crippen LogP contribution in [0.25, 0.3) is 0 Å². The van der Waals surface area contributed by atoms with Crippen molar-refractivity contribution in [2.75, 3.05) is 30.8 Å². The lowest BCUT2D eigenvalue weighted by Gasteiger charge is -2.29. The first kappa shape index (κ1) is 16.1. The Labute approximate surface area is 117 Å². The van der Waals surface area contributed by atoms with Crippen LogP contribution < -0.4 is 10.6 Å². The molecule has 0 atom stereocenters. The van der Waals surface area contributed by atoms with Crippen LogP contribution >= 0.6 is 0 Å². The monoisotopic (exact) mass is 283 g/mol. The van der Waals surface area contributed by atoms with Crippen molar-refractivity contribution in [3.8, 4) is 0 Å². The van der Waals surface area contributed by atoms with Crippen molar-refractivity contribution in [3.63, 3.8) is 0 Å². The third-order valence-electron chi connectivity index (χ3n) is 3.71. The number of hydrogen-bond donors (Lipinski definition) is 3. The van der Waals surface area contributed by atoms with E-state index >= 15 is 0 Å². The standard InChI is InChI=1S/C12H21N5O3/c1-4-12(5-2,7-18)6-14-11-9(17(19)20)10(13-3)15-8-16-11/h8,18H,4-7H2,1-3H3,(H2,13,14,15,16). The summed E-state index contributed by atoms with van der Waals surface area (Å²) in [6, 6.07) is 0. The highest BCUT2D eigenvalue weighted by Gasteiger charge is 2.28. The molecule has 0 saturated heterocycles. The van der Waals surface area contributed by atoms with Gasteiger partial charge < -0.3 is 15.7 Å². The number of aliphatic hydroxyl groups is 1. The van der Waals surface area contributed by atoms with Gasteiger partial charge in [-0.25, -0.2) is 9.97 Å². The second-order valence-corrected chi connectivity index (χ2v) is 4.65. The number of nitro groups is 1. The lowest BCUT2D eigenvalue weighted by Crippen LogP contribution is -2.32. The van der Waals surface area contributed by atoms with Crippen molar-refractivity contribution >= 4 is 17.3 Å². The van der Waals surface area contributed by atoms with Crippen LogP contribution in [-0.4, -0.2) is 40.2 Å². The topological polar surface area (TPSA) is 113 Å². The fourth-order valence-corrected chi connectivity index (χ4v) is 1.91. The lowest BCUT2D eigenvalue weighted by atomic mass is 9.83. The maximum atomic E-state index is 11.1. The van der Waals surface area contributed by atoms with Gasteiger partial charge in [0.2, 0.25) is 11.6 Å². The molecular formula is C12H21N5O3. The van der Waals surface area contributed by atoms with Crippen molar-refractivity contribution < 1.29 is 10.0 Å². The van der Waals surface area contributed by atoms with Crippen LogP contribution in [0.2, 0.25) is 0 Å². The number of aromatic nitrogens is 2. The molecule has 8 nitrogen and oxygen atoms in total. The van der Waals surface area contributed by atoms with Gasteiger partial charge in [-0.05, 0) is 12.8 Å². The van der Waals surface area contributed by atoms with Crippen molar-refractivity contribution in [3.05, 3.63) is 16.4 Å². The predicted molar refractivity (Wildman–Crippen MR) is 76.8 cm³/mol. The average molecular weight is 283 g/mol. The largest absolute Gasteiger partial charge is 0.396 e. The number of nitrogens with zero attached hydrogens (tertiary/aromatic N) is 3. The quantitative estimate of drug-likeness (QED) is 0.491. The number of hydrogen-bond acceptors (Lipinski definition) is 7. The molecule has 0 fully saturated rings. The molecule has 0 amide bonds. The van der Waals surface area contributed by atoms with Crippen LogP contribution in [-0.2, 0) is 0 Å². The molecule has 112 valence electrons. The lowest BCUT2D eigenvalue weighted by molar-refractivity contribution is -0.383. The first-order valence-corrected chi connectivity index (χ1v) is 6.55. The molecule has 0 radical (unpaired) electrons. The van der Waals surface area contributed by atoms with Gasteiger partial charge in [-0.1, -0.05) is 13.8 Å². The Balaban J connectivity index is 3.01. The van der Waals surface area contributed by atoms with Gasteiger partial charge in [-0.15, -0.1) is 0 Å². The molecule has 1 aromatic rings. The van der Waals surface area contributed by atoms with Crippen LogP contribution in [0.5, 0.6) is 0 Å². The zero-order valence-corrected chi connectivity index (χ0v) is 12.0. The summed E-state index contributed by atoms with van der Waals surface area (Å²) in [5.41, 5.74) is -0.493. The summed E-state index contributed by atoms with van der Waals surface area (Å²) in [7, 11) is 1.56. The third kappa shape index (κ3) is 3.32. The first-order valence-electron chi connectivity index (χ1n) is 6.55. The summed E-state index contributed by atoms with van der Waals surface area (Å²) in [6.45, 7) is 4.39. The van der Waals surface area contributed by atoms with Gasteiger partial charge in [0.05, 0.1) is 11.5 Å². The fourth-order valence-electron chi connectivity index (χ4n) is 1.91. The van der Waals surface area contributed by atoms with Crippen molar-refractivity contribution in [1.82, 2.24) is 9.97 Å². The number of nitrogens with one attached hydrogen (secondary N) is 2. The summed E-state index contributed by atoms with van der Waals surface area (Å²) in [5, 5.41) is 26.3. The SMILES string of the molecule is CCC(CC)(CO)CNc1ncnc(NC)c1[N+](=O)[O-]. The summed E-state index contributed by atoms with van der Waals surface area (Å²) in [5.74, 6) is 0.323. The number of rotatable bonds is 8. The second-order valence-electron chi connectivity index (χ2n) is 4.65. The van der Waals surface area contributed by atoms with E-state index in [1.54, 1.807) is 7.05 Å². The van der Waals surface area contributed by atoms with E-state index in [0.29, 0.717) is 6.54 Å². The fraction of sp³-hybridized carbons (Fsp3) is 0.667. The van der Waals surface area contributed by atoms with E-state index in [-0.39, 0.29) is 29.3 Å². The highest BCUT2D eigenvalue weighted by molar-refractivity contribution is 5.69. The molecule has 3 N–H and O–H groups in total. The van der Waals surface area contributed by atoms with Gasteiger partial charge >= 0.3 is 5.69 Å². The maximum Gasteiger partial charge on any atom is 0.353 e. The maximum absolute atomic E-state index is 11.1. The molecule has 0 saturated carbocycles. The van der Waals surface area contributed by atoms with Gasteiger partial charge in [0.25, 0.3) is 0 Å². The van der Waals surface area contributed by atoms with Crippen LogP contribution in [0.15, 0.2) is 6.33 Å². The van der Waals surface area contributed by atoms with Crippen LogP contribution in [0.3, 0.4) is 0 Å². The minimum Gasteiger partial charge on any atom is -0.396 e. The van der Waals surface area contributed by atoms with Crippen LogP contribution in [0, 0.1) is 15.5 Å². The van der Waals surface area contributed by atoms with Crippen molar-refractivity contribution in [2.24, 2.45) is 5.41 Å². The van der Waals surface area contributed by atoms with E-state index in [4.69, 9.17) is 0 Å². The van der Waals surface area contributed by atoms with Crippen molar-refractivity contribution in [2.45, 2.75) is 26.7 Å². The smallest absolute Gasteiger partial charge is 0.353 e. The summed E-state index contributed by atoms with van der Waals surface area (Å²) in [4.78, 5) is 18.4. The third-order valence-corrected chi connectivity index (χ3v) is 3.71. The molecule has 0 aromatic carbocycles. The van der Waals surface area contributed by atoms with Crippen LogP contribution in [0.4, 0.5) is 17.3 Å². The number of anilines is 2. The Hall–Kier alpha value is -1.96. The first-order chi connectivity index (χ1) is 9.53. The average Bonchev–Trinajstić information content (AvgIpc) is 2.48. The molecule has 0 unspecified atom stereocenters. The van der Waals surface area contributed by atoms with Gasteiger partial charge in [-0.3, -0.25) is 10.1 Å². The van der Waals surface area contributed by atoms with Gasteiger partial charge in [0.15, 0.2) is 0 Å². The Kier molecular flexibility index (Phi) is 5.63. The zero-order chi connectivity index (χ0) is 15.2. The van der Waals surface area contributed by atoms with E-state index in [9.17, 15) is 15.2 Å². The highest BCUT2D eigenvalue weighted by Crippen LogP contribution is 2.31. The van der Waals surface area contributed by atoms with E-state index in [2.05, 4.69) is 20.6 Å². The Morgan fingerprint density at radius 1 is 1.35 bits per heavy atom. The molecule has 0 aliphatic rings. The Bertz CT molecular complexity index is 454. The molecule has 0 spiro atoms. The Morgan fingerprint density at radius 2 is 1.95 bits per heavy atom. The van der Waals surface area contributed by atoms with E-state index in [1.165, 1.54) is 6.33 Å². The van der Waals surface area contributed by atoms with E-state index in [1.807, 2.05) is 13.8 Å². The Morgan fingerprint density at radius 3 is 2.40 bits per heavy atom. The molecular weight excluding hydrogens is 262 g/mol. The molecule has 20 heavy (non-hydrogen) atoms. The van der Waals surface area contributed by atoms with Crippen molar-refractivity contribution in [1.29, 1.82) is 0 Å². The van der Waals surface area contributed by atoms with Crippen LogP contribution in [0.1, 0.15) is 26.7 Å². The summed E-state index contributed by atoms with van der Waals surface area (Å²) < 4.78 is 0. The van der Waals surface area contributed by atoms with E-state index < -0.39 is 4.92 Å². The molecule has 0 bridgehead atoms. The normalized spacial score (nSPS) is 11.2. The molecule has 0 aliphatic carbocycles. The molecule has 0 aliphatic heterocycles. The van der Waals surface area contributed by atoms with Gasteiger partial charge in [0, 0.05) is 19.0 Å². The number of aliphatic hydroxyl groups excluding tert-OH is 1.